The summed E-state index contributed by atoms with van der Waals surface area (Å²) in [5.74, 6) is 1.20. The number of fused-ring (bicyclic) bond motifs is 1. The van der Waals surface area contributed by atoms with E-state index in [2.05, 4.69) is 62.6 Å². The minimum atomic E-state index is 0.545. The molecule has 0 saturated carbocycles. The molecule has 2 aromatic heterocycles. The van der Waals surface area contributed by atoms with Gasteiger partial charge in [-0.25, -0.2) is 9.97 Å². The Morgan fingerprint density at radius 2 is 1.86 bits per heavy atom. The second-order valence-corrected chi connectivity index (χ2v) is 5.10. The molecule has 2 N–H and O–H groups in total. The summed E-state index contributed by atoms with van der Waals surface area (Å²) in [6.45, 7) is 6.87. The Kier molecular flexibility index (Phi) is 3.82. The molecule has 0 unspecified atom stereocenters. The fraction of sp³-hybridized carbons (Fsp3) is 0.250. The summed E-state index contributed by atoms with van der Waals surface area (Å²) in [4.78, 5) is 17.5. The molecule has 6 nitrogen and oxygen atoms in total. The van der Waals surface area contributed by atoms with Crippen molar-refractivity contribution in [1.29, 1.82) is 0 Å². The molecule has 0 aliphatic carbocycles. The number of nitrogens with one attached hydrogen (secondary N) is 2. The first-order valence-corrected chi connectivity index (χ1v) is 7.24. The molecule has 0 spiro atoms. The van der Waals surface area contributed by atoms with E-state index in [-0.39, 0.29) is 0 Å². The van der Waals surface area contributed by atoms with E-state index in [0.717, 1.165) is 17.8 Å². The lowest BCUT2D eigenvalue weighted by atomic mass is 10.1. The van der Waals surface area contributed by atoms with E-state index >= 15 is 0 Å². The van der Waals surface area contributed by atoms with Gasteiger partial charge in [-0.2, -0.15) is 9.97 Å². The van der Waals surface area contributed by atoms with Crippen LogP contribution >= 0.6 is 0 Å². The lowest BCUT2D eigenvalue weighted by Crippen LogP contribution is -2.07. The molecular formula is C16H18N6. The number of benzene rings is 1. The van der Waals surface area contributed by atoms with E-state index in [0.29, 0.717) is 22.9 Å². The lowest BCUT2D eigenvalue weighted by Gasteiger charge is -2.12. The minimum absolute atomic E-state index is 0.545. The molecule has 0 aliphatic heterocycles. The summed E-state index contributed by atoms with van der Waals surface area (Å²) in [6.07, 6.45) is 3.28. The van der Waals surface area contributed by atoms with Gasteiger partial charge in [0.25, 0.3) is 0 Å². The average Bonchev–Trinajstić information content (AvgIpc) is 2.51. The molecule has 6 heteroatoms. The van der Waals surface area contributed by atoms with Crippen molar-refractivity contribution < 1.29 is 0 Å². The zero-order chi connectivity index (χ0) is 15.5. The van der Waals surface area contributed by atoms with E-state index in [1.807, 2.05) is 6.92 Å². The van der Waals surface area contributed by atoms with Gasteiger partial charge in [-0.3, -0.25) is 0 Å². The van der Waals surface area contributed by atoms with Crippen molar-refractivity contribution in [2.75, 3.05) is 17.2 Å². The van der Waals surface area contributed by atoms with Crippen LogP contribution in [-0.2, 0) is 0 Å². The van der Waals surface area contributed by atoms with Gasteiger partial charge >= 0.3 is 0 Å². The third kappa shape index (κ3) is 2.81. The minimum Gasteiger partial charge on any atom is -0.354 e. The van der Waals surface area contributed by atoms with Crippen molar-refractivity contribution in [3.8, 4) is 0 Å². The van der Waals surface area contributed by atoms with Crippen LogP contribution in [0.3, 0.4) is 0 Å². The second kappa shape index (κ2) is 5.93. The standard InChI is InChI=1S/C16H18N6/c1-4-17-16-21-14-13(18-7-8-19-14)15(22-16)20-12-9-10(2)5-6-11(12)3/h5-9H,4H2,1-3H3,(H2,17,19,20,21,22). The number of rotatable bonds is 4. The molecular weight excluding hydrogens is 276 g/mol. The molecule has 0 bridgehead atoms. The topological polar surface area (TPSA) is 75.6 Å². The van der Waals surface area contributed by atoms with Gasteiger partial charge < -0.3 is 10.6 Å². The Labute approximate surface area is 129 Å². The van der Waals surface area contributed by atoms with Crippen LogP contribution in [0.2, 0.25) is 0 Å². The zero-order valence-corrected chi connectivity index (χ0v) is 12.9. The first kappa shape index (κ1) is 14.2. The van der Waals surface area contributed by atoms with Gasteiger partial charge in [0.2, 0.25) is 5.95 Å². The van der Waals surface area contributed by atoms with Crippen LogP contribution in [0.4, 0.5) is 17.5 Å². The first-order chi connectivity index (χ1) is 10.7. The van der Waals surface area contributed by atoms with Crippen molar-refractivity contribution in [2.45, 2.75) is 20.8 Å². The normalized spacial score (nSPS) is 10.7. The molecule has 2 heterocycles. The SMILES string of the molecule is CCNc1nc(Nc2cc(C)ccc2C)c2nccnc2n1. The van der Waals surface area contributed by atoms with Crippen LogP contribution in [0.5, 0.6) is 0 Å². The second-order valence-electron chi connectivity index (χ2n) is 5.10. The highest BCUT2D eigenvalue weighted by Gasteiger charge is 2.10. The molecule has 22 heavy (non-hydrogen) atoms. The van der Waals surface area contributed by atoms with Crippen molar-refractivity contribution in [3.63, 3.8) is 0 Å². The summed E-state index contributed by atoms with van der Waals surface area (Å²) < 4.78 is 0. The number of hydrogen-bond donors (Lipinski definition) is 2. The number of aromatic nitrogens is 4. The van der Waals surface area contributed by atoms with Crippen LogP contribution in [0, 0.1) is 13.8 Å². The van der Waals surface area contributed by atoms with Crippen LogP contribution < -0.4 is 10.6 Å². The van der Waals surface area contributed by atoms with E-state index in [9.17, 15) is 0 Å². The van der Waals surface area contributed by atoms with Gasteiger partial charge in [0.1, 0.15) is 0 Å². The van der Waals surface area contributed by atoms with Gasteiger partial charge in [-0.05, 0) is 38.0 Å². The fourth-order valence-electron chi connectivity index (χ4n) is 2.19. The molecule has 0 amide bonds. The Morgan fingerprint density at radius 1 is 1.05 bits per heavy atom. The highest BCUT2D eigenvalue weighted by molar-refractivity contribution is 5.86. The lowest BCUT2D eigenvalue weighted by molar-refractivity contribution is 1.08. The molecule has 1 aromatic carbocycles. The fourth-order valence-corrected chi connectivity index (χ4v) is 2.19. The third-order valence-corrected chi connectivity index (χ3v) is 3.31. The predicted molar refractivity (Wildman–Crippen MR) is 88.5 cm³/mol. The zero-order valence-electron chi connectivity index (χ0n) is 12.9. The Hall–Kier alpha value is -2.76. The van der Waals surface area contributed by atoms with Crippen molar-refractivity contribution in [2.24, 2.45) is 0 Å². The highest BCUT2D eigenvalue weighted by Crippen LogP contribution is 2.25. The number of anilines is 3. The first-order valence-electron chi connectivity index (χ1n) is 7.24. The van der Waals surface area contributed by atoms with Gasteiger partial charge in [-0.15, -0.1) is 0 Å². The summed E-state index contributed by atoms with van der Waals surface area (Å²) in [5, 5.41) is 6.48. The van der Waals surface area contributed by atoms with E-state index in [1.165, 1.54) is 5.56 Å². The monoisotopic (exact) mass is 294 g/mol. The van der Waals surface area contributed by atoms with Crippen molar-refractivity contribution in [1.82, 2.24) is 19.9 Å². The Balaban J connectivity index is 2.10. The maximum absolute atomic E-state index is 4.52. The molecule has 3 aromatic rings. The molecule has 112 valence electrons. The van der Waals surface area contributed by atoms with Gasteiger partial charge in [-0.1, -0.05) is 12.1 Å². The summed E-state index contributed by atoms with van der Waals surface area (Å²) in [5.41, 5.74) is 4.56. The smallest absolute Gasteiger partial charge is 0.226 e. The quantitative estimate of drug-likeness (QED) is 0.769. The van der Waals surface area contributed by atoms with Crippen molar-refractivity contribution in [3.05, 3.63) is 41.7 Å². The summed E-state index contributed by atoms with van der Waals surface area (Å²) in [7, 11) is 0. The van der Waals surface area contributed by atoms with Crippen LogP contribution in [0.1, 0.15) is 18.1 Å². The van der Waals surface area contributed by atoms with Crippen LogP contribution in [0.15, 0.2) is 30.6 Å². The molecule has 0 atom stereocenters. The summed E-state index contributed by atoms with van der Waals surface area (Å²) in [6, 6.07) is 6.26. The summed E-state index contributed by atoms with van der Waals surface area (Å²) >= 11 is 0. The third-order valence-electron chi connectivity index (χ3n) is 3.31. The number of nitrogens with zero attached hydrogens (tertiary/aromatic N) is 4. The molecule has 0 saturated heterocycles. The van der Waals surface area contributed by atoms with Crippen LogP contribution in [-0.4, -0.2) is 26.5 Å². The predicted octanol–water partition coefficient (Wildman–Crippen LogP) is 3.21. The van der Waals surface area contributed by atoms with Gasteiger partial charge in [0, 0.05) is 24.6 Å². The highest BCUT2D eigenvalue weighted by atomic mass is 15.2. The molecule has 0 fully saturated rings. The largest absolute Gasteiger partial charge is 0.354 e. The van der Waals surface area contributed by atoms with Crippen molar-refractivity contribution >= 4 is 28.6 Å². The van der Waals surface area contributed by atoms with Gasteiger partial charge in [0.15, 0.2) is 17.0 Å². The molecule has 3 rings (SSSR count). The maximum atomic E-state index is 4.52. The average molecular weight is 294 g/mol. The van der Waals surface area contributed by atoms with E-state index in [1.54, 1.807) is 12.4 Å². The van der Waals surface area contributed by atoms with Crippen LogP contribution in [0.25, 0.3) is 11.2 Å². The molecule has 0 aliphatic rings. The number of hydrogen-bond acceptors (Lipinski definition) is 6. The number of aryl methyl sites for hydroxylation is 2. The Morgan fingerprint density at radius 3 is 2.68 bits per heavy atom. The van der Waals surface area contributed by atoms with Gasteiger partial charge in [0.05, 0.1) is 0 Å². The maximum Gasteiger partial charge on any atom is 0.226 e. The Bertz CT molecular complexity index is 815. The van der Waals surface area contributed by atoms with E-state index in [4.69, 9.17) is 0 Å². The molecule has 0 radical (unpaired) electrons. The van der Waals surface area contributed by atoms with E-state index < -0.39 is 0 Å².